The molecular weight excluding hydrogens is 376 g/mol. The Bertz CT molecular complexity index is 952. The first-order chi connectivity index (χ1) is 13.2. The number of rotatable bonds is 6. The van der Waals surface area contributed by atoms with E-state index in [4.69, 9.17) is 16.9 Å². The van der Waals surface area contributed by atoms with Crippen LogP contribution in [-0.4, -0.2) is 11.7 Å². The van der Waals surface area contributed by atoms with E-state index in [2.05, 4.69) is 11.4 Å². The molecule has 0 aromatic heterocycles. The minimum Gasteiger partial charge on any atom is -0.341 e. The summed E-state index contributed by atoms with van der Waals surface area (Å²) in [5, 5.41) is 12.6. The van der Waals surface area contributed by atoms with Crippen LogP contribution in [0.3, 0.4) is 0 Å². The van der Waals surface area contributed by atoms with Crippen LogP contribution in [0, 0.1) is 11.3 Å². The summed E-state index contributed by atoms with van der Waals surface area (Å²) >= 11 is 7.37. The molecule has 3 nitrogen and oxygen atoms in total. The number of amides is 1. The van der Waals surface area contributed by atoms with Crippen LogP contribution in [0.15, 0.2) is 83.8 Å². The van der Waals surface area contributed by atoms with Crippen molar-refractivity contribution in [1.82, 2.24) is 5.32 Å². The number of hydrogen-bond acceptors (Lipinski definition) is 3. The number of thioether (sulfide) groups is 1. The Kier molecular flexibility index (Phi) is 6.54. The van der Waals surface area contributed by atoms with Crippen LogP contribution in [0.5, 0.6) is 0 Å². The number of benzene rings is 3. The Balaban J connectivity index is 1.92. The maximum atomic E-state index is 13.0. The second-order valence-corrected chi connectivity index (χ2v) is 7.27. The van der Waals surface area contributed by atoms with Gasteiger partial charge in [0.25, 0.3) is 5.91 Å². The van der Waals surface area contributed by atoms with Crippen molar-refractivity contribution in [2.24, 2.45) is 0 Å². The monoisotopic (exact) mass is 392 g/mol. The fourth-order valence-corrected chi connectivity index (χ4v) is 3.60. The summed E-state index contributed by atoms with van der Waals surface area (Å²) in [6.07, 6.45) is 0. The zero-order valence-electron chi connectivity index (χ0n) is 14.4. The van der Waals surface area contributed by atoms with Gasteiger partial charge in [0.2, 0.25) is 0 Å². The van der Waals surface area contributed by atoms with Crippen molar-refractivity contribution < 1.29 is 4.79 Å². The van der Waals surface area contributed by atoms with Gasteiger partial charge in [-0.3, -0.25) is 4.79 Å². The molecule has 1 atom stereocenters. The fourth-order valence-electron chi connectivity index (χ4n) is 2.76. The Morgan fingerprint density at radius 2 is 1.59 bits per heavy atom. The molecule has 134 valence electrons. The van der Waals surface area contributed by atoms with Gasteiger partial charge in [-0.1, -0.05) is 66.2 Å². The highest BCUT2D eigenvalue weighted by molar-refractivity contribution is 7.99. The summed E-state index contributed by atoms with van der Waals surface area (Å²) in [5.74, 6) is 0.115. The number of nitriles is 1. The van der Waals surface area contributed by atoms with E-state index in [0.717, 1.165) is 16.0 Å². The molecule has 1 unspecified atom stereocenters. The predicted molar refractivity (Wildman–Crippen MR) is 110 cm³/mol. The molecule has 0 aliphatic heterocycles. The summed E-state index contributed by atoms with van der Waals surface area (Å²) in [4.78, 5) is 13.8. The summed E-state index contributed by atoms with van der Waals surface area (Å²) in [6.45, 7) is 0. The van der Waals surface area contributed by atoms with Crippen molar-refractivity contribution in [2.45, 2.75) is 10.9 Å². The number of hydrogen-bond donors (Lipinski definition) is 1. The zero-order chi connectivity index (χ0) is 19.1. The van der Waals surface area contributed by atoms with Gasteiger partial charge in [0.1, 0.15) is 0 Å². The van der Waals surface area contributed by atoms with Crippen molar-refractivity contribution in [3.05, 3.63) is 101 Å². The molecule has 3 aromatic rings. The summed E-state index contributed by atoms with van der Waals surface area (Å²) in [6, 6.07) is 26.4. The minimum atomic E-state index is -0.301. The third-order valence-electron chi connectivity index (χ3n) is 4.04. The second kappa shape index (κ2) is 9.27. The van der Waals surface area contributed by atoms with E-state index in [0.29, 0.717) is 16.3 Å². The van der Waals surface area contributed by atoms with Crippen LogP contribution in [0.2, 0.25) is 5.02 Å². The molecule has 3 rings (SSSR count). The first kappa shape index (κ1) is 19.0. The minimum absolute atomic E-state index is 0.181. The number of halogens is 1. The number of carbonyl (C=O) groups excluding carboxylic acids is 1. The van der Waals surface area contributed by atoms with Crippen molar-refractivity contribution in [3.63, 3.8) is 0 Å². The molecule has 27 heavy (non-hydrogen) atoms. The molecule has 0 radical (unpaired) electrons. The smallest absolute Gasteiger partial charge is 0.253 e. The van der Waals surface area contributed by atoms with E-state index in [-0.39, 0.29) is 11.9 Å². The fraction of sp³-hybridized carbons (Fsp3) is 0.0909. The van der Waals surface area contributed by atoms with E-state index in [1.165, 1.54) is 11.8 Å². The maximum Gasteiger partial charge on any atom is 0.253 e. The summed E-state index contributed by atoms with van der Waals surface area (Å²) in [5.41, 5.74) is 2.49. The first-order valence-electron chi connectivity index (χ1n) is 8.39. The Morgan fingerprint density at radius 1 is 0.963 bits per heavy atom. The predicted octanol–water partition coefficient (Wildman–Crippen LogP) is 5.48. The molecule has 3 aromatic carbocycles. The lowest BCUT2D eigenvalue weighted by atomic mass is 9.98. The number of nitrogens with zero attached hydrogens (tertiary/aromatic N) is 1. The van der Waals surface area contributed by atoms with Gasteiger partial charge in [0, 0.05) is 9.92 Å². The van der Waals surface area contributed by atoms with Crippen LogP contribution >= 0.6 is 23.4 Å². The lowest BCUT2D eigenvalue weighted by molar-refractivity contribution is 0.0940. The quantitative estimate of drug-likeness (QED) is 0.565. The average molecular weight is 393 g/mol. The van der Waals surface area contributed by atoms with Crippen molar-refractivity contribution in [3.8, 4) is 6.07 Å². The molecule has 0 aliphatic carbocycles. The van der Waals surface area contributed by atoms with Crippen molar-refractivity contribution in [2.75, 3.05) is 5.75 Å². The third kappa shape index (κ3) is 4.91. The molecule has 0 aliphatic rings. The van der Waals surface area contributed by atoms with Gasteiger partial charge < -0.3 is 5.32 Å². The third-order valence-corrected chi connectivity index (χ3v) is 5.23. The van der Waals surface area contributed by atoms with Gasteiger partial charge in [-0.15, -0.1) is 11.8 Å². The average Bonchev–Trinajstić information content (AvgIpc) is 2.72. The topological polar surface area (TPSA) is 52.9 Å². The maximum absolute atomic E-state index is 13.0. The molecule has 0 spiro atoms. The van der Waals surface area contributed by atoms with E-state index in [1.807, 2.05) is 72.8 Å². The Hall–Kier alpha value is -2.74. The largest absolute Gasteiger partial charge is 0.341 e. The lowest BCUT2D eigenvalue weighted by Gasteiger charge is -2.21. The van der Waals surface area contributed by atoms with Crippen LogP contribution < -0.4 is 5.32 Å². The van der Waals surface area contributed by atoms with E-state index < -0.39 is 0 Å². The van der Waals surface area contributed by atoms with Crippen LogP contribution in [0.1, 0.15) is 27.5 Å². The summed E-state index contributed by atoms with van der Waals surface area (Å²) in [7, 11) is 0. The lowest BCUT2D eigenvalue weighted by Crippen LogP contribution is -2.29. The van der Waals surface area contributed by atoms with Gasteiger partial charge in [-0.05, 0) is 35.4 Å². The van der Waals surface area contributed by atoms with Gasteiger partial charge in [0.15, 0.2) is 0 Å². The van der Waals surface area contributed by atoms with Gasteiger partial charge in [0.05, 0.1) is 23.4 Å². The highest BCUT2D eigenvalue weighted by Gasteiger charge is 2.19. The van der Waals surface area contributed by atoms with Crippen LogP contribution in [0.25, 0.3) is 0 Å². The number of carbonyl (C=O) groups is 1. The Labute approximate surface area is 168 Å². The van der Waals surface area contributed by atoms with E-state index in [9.17, 15) is 4.79 Å². The van der Waals surface area contributed by atoms with Crippen LogP contribution in [0.4, 0.5) is 0 Å². The van der Waals surface area contributed by atoms with Crippen LogP contribution in [-0.2, 0) is 0 Å². The highest BCUT2D eigenvalue weighted by Crippen LogP contribution is 2.26. The van der Waals surface area contributed by atoms with E-state index >= 15 is 0 Å². The van der Waals surface area contributed by atoms with E-state index in [1.54, 1.807) is 6.07 Å². The van der Waals surface area contributed by atoms with Gasteiger partial charge in [-0.2, -0.15) is 5.26 Å². The van der Waals surface area contributed by atoms with Gasteiger partial charge in [-0.25, -0.2) is 0 Å². The van der Waals surface area contributed by atoms with Crippen molar-refractivity contribution in [1.29, 1.82) is 5.26 Å². The molecular formula is C22H17ClN2OS. The molecule has 0 fully saturated rings. The number of nitrogens with one attached hydrogen (secondary N) is 1. The normalized spacial score (nSPS) is 11.4. The summed E-state index contributed by atoms with van der Waals surface area (Å²) < 4.78 is 0. The highest BCUT2D eigenvalue weighted by atomic mass is 35.5. The molecule has 5 heteroatoms. The Morgan fingerprint density at radius 3 is 2.30 bits per heavy atom. The standard InChI is InChI=1S/C22H17ClN2OS/c23-18-12-10-17(11-13-18)21(16-6-2-1-3-7-16)25-22(26)19-8-4-5-9-20(19)27-15-14-24/h1-13,21H,15H2,(H,25,26). The molecule has 0 bridgehead atoms. The molecule has 0 heterocycles. The zero-order valence-corrected chi connectivity index (χ0v) is 16.0. The van der Waals surface area contributed by atoms with Gasteiger partial charge >= 0.3 is 0 Å². The first-order valence-corrected chi connectivity index (χ1v) is 9.75. The van der Waals surface area contributed by atoms with Crippen molar-refractivity contribution >= 4 is 29.3 Å². The SMILES string of the molecule is N#CCSc1ccccc1C(=O)NC(c1ccccc1)c1ccc(Cl)cc1. The molecule has 1 N–H and O–H groups in total. The molecule has 1 amide bonds. The molecule has 0 saturated heterocycles. The second-order valence-electron chi connectivity index (χ2n) is 5.81. The molecule has 0 saturated carbocycles.